The largest absolute Gasteiger partial charge is 0.490 e. The second kappa shape index (κ2) is 7.91. The molecule has 3 aromatic rings. The van der Waals surface area contributed by atoms with Crippen LogP contribution in [0, 0.1) is 0 Å². The van der Waals surface area contributed by atoms with Crippen molar-refractivity contribution in [3.8, 4) is 5.75 Å². The maximum atomic E-state index is 6.16. The van der Waals surface area contributed by atoms with Gasteiger partial charge in [-0.2, -0.15) is 0 Å². The molecule has 0 saturated carbocycles. The molecular formula is C21H22Cl2N2O. The van der Waals surface area contributed by atoms with Gasteiger partial charge in [-0.15, -0.1) is 0 Å². The number of fused-ring (bicyclic) bond motifs is 3. The first-order chi connectivity index (χ1) is 12.7. The number of benzene rings is 2. The van der Waals surface area contributed by atoms with E-state index in [0.29, 0.717) is 22.4 Å². The standard InChI is InChI=1S/C21H22Cl2N2O/c22-16-6-2-7-17(23)21(16)26-13-3-5-14-4-1-8-19-20(14)15-9-11-24-12-10-18(15)25-19/h1-2,4,6-8,24-25H,3,5,9-13H2. The molecule has 1 aliphatic heterocycles. The Bertz CT molecular complexity index is 900. The SMILES string of the molecule is Clc1cccc(Cl)c1OCCCc1cccc2[nH]c3c(c12)CCNCC3. The highest BCUT2D eigenvalue weighted by molar-refractivity contribution is 6.37. The molecule has 0 aliphatic carbocycles. The first-order valence-electron chi connectivity index (χ1n) is 9.13. The summed E-state index contributed by atoms with van der Waals surface area (Å²) in [5, 5.41) is 6.00. The second-order valence-electron chi connectivity index (χ2n) is 6.67. The van der Waals surface area contributed by atoms with Gasteiger partial charge in [0.2, 0.25) is 0 Å². The van der Waals surface area contributed by atoms with E-state index in [4.69, 9.17) is 27.9 Å². The van der Waals surface area contributed by atoms with Crippen molar-refractivity contribution < 1.29 is 4.74 Å². The molecule has 0 unspecified atom stereocenters. The number of ether oxygens (including phenoxy) is 1. The van der Waals surface area contributed by atoms with Gasteiger partial charge in [0.15, 0.2) is 5.75 Å². The van der Waals surface area contributed by atoms with Crippen molar-refractivity contribution in [2.75, 3.05) is 19.7 Å². The van der Waals surface area contributed by atoms with Crippen molar-refractivity contribution in [3.05, 3.63) is 63.3 Å². The topological polar surface area (TPSA) is 37.0 Å². The normalized spacial score (nSPS) is 14.2. The summed E-state index contributed by atoms with van der Waals surface area (Å²) < 4.78 is 5.83. The zero-order valence-electron chi connectivity index (χ0n) is 14.6. The van der Waals surface area contributed by atoms with Crippen molar-refractivity contribution >= 4 is 34.1 Å². The lowest BCUT2D eigenvalue weighted by Gasteiger charge is -2.10. The zero-order chi connectivity index (χ0) is 17.9. The molecule has 0 amide bonds. The monoisotopic (exact) mass is 388 g/mol. The van der Waals surface area contributed by atoms with Crippen LogP contribution in [-0.2, 0) is 19.3 Å². The molecule has 5 heteroatoms. The number of hydrogen-bond donors (Lipinski definition) is 2. The van der Waals surface area contributed by atoms with Crippen LogP contribution >= 0.6 is 23.2 Å². The van der Waals surface area contributed by atoms with E-state index in [0.717, 1.165) is 38.8 Å². The summed E-state index contributed by atoms with van der Waals surface area (Å²) in [6.45, 7) is 2.68. The van der Waals surface area contributed by atoms with Crippen molar-refractivity contribution in [3.63, 3.8) is 0 Å². The first-order valence-corrected chi connectivity index (χ1v) is 9.88. The molecule has 0 spiro atoms. The molecule has 26 heavy (non-hydrogen) atoms. The average Bonchev–Trinajstić information content (AvgIpc) is 2.83. The summed E-state index contributed by atoms with van der Waals surface area (Å²) in [6, 6.07) is 12.0. The maximum Gasteiger partial charge on any atom is 0.156 e. The lowest BCUT2D eigenvalue weighted by atomic mass is 9.99. The highest BCUT2D eigenvalue weighted by Gasteiger charge is 2.16. The van der Waals surface area contributed by atoms with E-state index >= 15 is 0 Å². The van der Waals surface area contributed by atoms with E-state index in [-0.39, 0.29) is 0 Å². The van der Waals surface area contributed by atoms with Gasteiger partial charge in [-0.3, -0.25) is 0 Å². The van der Waals surface area contributed by atoms with Gasteiger partial charge in [0.1, 0.15) is 0 Å². The Hall–Kier alpha value is -1.68. The smallest absolute Gasteiger partial charge is 0.156 e. The zero-order valence-corrected chi connectivity index (χ0v) is 16.1. The molecule has 136 valence electrons. The Morgan fingerprint density at radius 1 is 0.962 bits per heavy atom. The number of H-pyrrole nitrogens is 1. The summed E-state index contributed by atoms with van der Waals surface area (Å²) in [4.78, 5) is 3.62. The fourth-order valence-corrected chi connectivity index (χ4v) is 4.26. The van der Waals surface area contributed by atoms with Gasteiger partial charge in [0.25, 0.3) is 0 Å². The molecule has 2 N–H and O–H groups in total. The quantitative estimate of drug-likeness (QED) is 0.591. The molecule has 1 aromatic heterocycles. The first kappa shape index (κ1) is 17.7. The molecule has 1 aliphatic rings. The van der Waals surface area contributed by atoms with Crippen LogP contribution in [0.4, 0.5) is 0 Å². The number of rotatable bonds is 5. The van der Waals surface area contributed by atoms with E-state index in [9.17, 15) is 0 Å². The van der Waals surface area contributed by atoms with Gasteiger partial charge >= 0.3 is 0 Å². The summed E-state index contributed by atoms with van der Waals surface area (Å²) in [5.41, 5.74) is 5.51. The maximum absolute atomic E-state index is 6.16. The van der Waals surface area contributed by atoms with Crippen LogP contribution in [0.2, 0.25) is 10.0 Å². The highest BCUT2D eigenvalue weighted by Crippen LogP contribution is 2.33. The fourth-order valence-electron chi connectivity index (χ4n) is 3.76. The number of halogens is 2. The van der Waals surface area contributed by atoms with E-state index < -0.39 is 0 Å². The molecule has 0 atom stereocenters. The van der Waals surface area contributed by atoms with Crippen LogP contribution in [0.1, 0.15) is 23.2 Å². The van der Waals surface area contributed by atoms with Crippen LogP contribution in [0.15, 0.2) is 36.4 Å². The summed E-state index contributed by atoms with van der Waals surface area (Å²) in [7, 11) is 0. The predicted octanol–water partition coefficient (Wildman–Crippen LogP) is 5.17. The third-order valence-electron chi connectivity index (χ3n) is 4.96. The molecule has 2 aromatic carbocycles. The summed E-state index contributed by atoms with van der Waals surface area (Å²) in [5.74, 6) is 0.579. The lowest BCUT2D eigenvalue weighted by molar-refractivity contribution is 0.311. The van der Waals surface area contributed by atoms with Crippen LogP contribution in [-0.4, -0.2) is 24.7 Å². The number of para-hydroxylation sites is 1. The van der Waals surface area contributed by atoms with Gasteiger partial charge in [-0.05, 0) is 55.1 Å². The Kier molecular flexibility index (Phi) is 5.39. The van der Waals surface area contributed by atoms with Gasteiger partial charge in [0, 0.05) is 29.6 Å². The van der Waals surface area contributed by atoms with Crippen molar-refractivity contribution in [2.24, 2.45) is 0 Å². The van der Waals surface area contributed by atoms with E-state index in [2.05, 4.69) is 28.5 Å². The molecule has 0 radical (unpaired) electrons. The van der Waals surface area contributed by atoms with Crippen molar-refractivity contribution in [1.29, 1.82) is 0 Å². The van der Waals surface area contributed by atoms with Gasteiger partial charge in [0.05, 0.1) is 16.7 Å². The second-order valence-corrected chi connectivity index (χ2v) is 7.49. The molecule has 0 fully saturated rings. The summed E-state index contributed by atoms with van der Waals surface area (Å²) >= 11 is 12.3. The Balaban J connectivity index is 1.48. The molecule has 3 nitrogen and oxygen atoms in total. The van der Waals surface area contributed by atoms with Crippen LogP contribution in [0.5, 0.6) is 5.75 Å². The number of aromatic nitrogens is 1. The van der Waals surface area contributed by atoms with E-state index in [1.807, 2.05) is 6.07 Å². The van der Waals surface area contributed by atoms with Gasteiger partial charge in [-0.25, -0.2) is 0 Å². The number of hydrogen-bond acceptors (Lipinski definition) is 2. The lowest BCUT2D eigenvalue weighted by Crippen LogP contribution is -2.16. The minimum absolute atomic E-state index is 0.558. The number of aromatic amines is 1. The average molecular weight is 389 g/mol. The van der Waals surface area contributed by atoms with E-state index in [1.165, 1.54) is 27.7 Å². The Labute approximate surface area is 163 Å². The van der Waals surface area contributed by atoms with E-state index in [1.54, 1.807) is 12.1 Å². The van der Waals surface area contributed by atoms with Crippen LogP contribution in [0.25, 0.3) is 10.9 Å². The van der Waals surface area contributed by atoms with Gasteiger partial charge < -0.3 is 15.0 Å². The summed E-state index contributed by atoms with van der Waals surface area (Å²) in [6.07, 6.45) is 4.03. The Morgan fingerprint density at radius 3 is 2.58 bits per heavy atom. The molecular weight excluding hydrogens is 367 g/mol. The fraction of sp³-hybridized carbons (Fsp3) is 0.333. The molecule has 0 saturated heterocycles. The predicted molar refractivity (Wildman–Crippen MR) is 109 cm³/mol. The minimum Gasteiger partial charge on any atom is -0.490 e. The minimum atomic E-state index is 0.558. The molecule has 0 bridgehead atoms. The van der Waals surface area contributed by atoms with Crippen molar-refractivity contribution in [2.45, 2.75) is 25.7 Å². The molecule has 4 rings (SSSR count). The third-order valence-corrected chi connectivity index (χ3v) is 5.56. The van der Waals surface area contributed by atoms with Crippen molar-refractivity contribution in [1.82, 2.24) is 10.3 Å². The van der Waals surface area contributed by atoms with Crippen LogP contribution in [0.3, 0.4) is 0 Å². The number of aryl methyl sites for hydroxylation is 1. The Morgan fingerprint density at radius 2 is 1.73 bits per heavy atom. The molecule has 2 heterocycles. The third kappa shape index (κ3) is 3.57. The van der Waals surface area contributed by atoms with Gasteiger partial charge in [-0.1, -0.05) is 41.4 Å². The highest BCUT2D eigenvalue weighted by atomic mass is 35.5. The number of nitrogens with one attached hydrogen (secondary N) is 2. The van der Waals surface area contributed by atoms with Crippen LogP contribution < -0.4 is 10.1 Å².